The van der Waals surface area contributed by atoms with Gasteiger partial charge in [0.2, 0.25) is 0 Å². The van der Waals surface area contributed by atoms with E-state index < -0.39 is 5.41 Å². The largest absolute Gasteiger partial charge is 0.497 e. The lowest BCUT2D eigenvalue weighted by Crippen LogP contribution is -2.53. The molecule has 0 unspecified atom stereocenters. The second kappa shape index (κ2) is 4.67. The zero-order valence-corrected chi connectivity index (χ0v) is 10.3. The molecule has 1 aromatic rings. The number of amides is 1. The van der Waals surface area contributed by atoms with Gasteiger partial charge in [0.15, 0.2) is 5.41 Å². The Kier molecular flexibility index (Phi) is 3.21. The summed E-state index contributed by atoms with van der Waals surface area (Å²) in [6, 6.07) is 9.20. The Hall–Kier alpha value is -2.06. The van der Waals surface area contributed by atoms with Crippen LogP contribution in [0.2, 0.25) is 0 Å². The van der Waals surface area contributed by atoms with Crippen LogP contribution in [0.5, 0.6) is 5.75 Å². The van der Waals surface area contributed by atoms with Gasteiger partial charge in [-0.15, -0.1) is 0 Å². The average Bonchev–Trinajstić information content (AvgIpc) is 2.37. The Balaban J connectivity index is 2.23. The molecule has 0 spiro atoms. The number of carbonyl (C=O) groups excluding carboxylic acids is 1. The number of ether oxygens (including phenoxy) is 2. The maximum atomic E-state index is 12.3. The van der Waals surface area contributed by atoms with Crippen LogP contribution in [0.25, 0.3) is 0 Å². The summed E-state index contributed by atoms with van der Waals surface area (Å²) in [5, 5.41) is 9.10. The van der Waals surface area contributed by atoms with Crippen LogP contribution in [0.15, 0.2) is 24.3 Å². The molecule has 0 saturated carbocycles. The van der Waals surface area contributed by atoms with Crippen molar-refractivity contribution >= 4 is 11.6 Å². The molecule has 0 radical (unpaired) electrons. The second-order valence-corrected chi connectivity index (χ2v) is 4.25. The van der Waals surface area contributed by atoms with E-state index in [9.17, 15) is 4.79 Å². The predicted molar refractivity (Wildman–Crippen MR) is 65.3 cm³/mol. The summed E-state index contributed by atoms with van der Waals surface area (Å²) in [6.45, 7) is 0.327. The van der Waals surface area contributed by atoms with Crippen molar-refractivity contribution in [2.75, 3.05) is 32.3 Å². The van der Waals surface area contributed by atoms with E-state index in [2.05, 4.69) is 0 Å². The van der Waals surface area contributed by atoms with Crippen LogP contribution in [0.4, 0.5) is 5.69 Å². The number of anilines is 1. The molecule has 2 rings (SSSR count). The number of carbonyl (C=O) groups is 1. The summed E-state index contributed by atoms with van der Waals surface area (Å²) in [7, 11) is 3.21. The molecule has 1 aromatic carbocycles. The highest BCUT2D eigenvalue weighted by atomic mass is 16.5. The molecule has 1 aliphatic rings. The first kappa shape index (κ1) is 12.4. The molecule has 94 valence electrons. The van der Waals surface area contributed by atoms with E-state index in [1.807, 2.05) is 6.07 Å². The zero-order valence-electron chi connectivity index (χ0n) is 10.3. The fourth-order valence-corrected chi connectivity index (χ4v) is 1.80. The number of hydrogen-bond acceptors (Lipinski definition) is 4. The Morgan fingerprint density at radius 3 is 2.78 bits per heavy atom. The van der Waals surface area contributed by atoms with E-state index >= 15 is 0 Å². The minimum atomic E-state index is -1.03. The van der Waals surface area contributed by atoms with E-state index in [1.165, 1.54) is 4.90 Å². The monoisotopic (exact) mass is 246 g/mol. The summed E-state index contributed by atoms with van der Waals surface area (Å²) in [4.78, 5) is 13.7. The number of nitriles is 1. The molecule has 0 bridgehead atoms. The van der Waals surface area contributed by atoms with Gasteiger partial charge < -0.3 is 14.4 Å². The Bertz CT molecular complexity index is 503. The van der Waals surface area contributed by atoms with Gasteiger partial charge in [0.1, 0.15) is 5.75 Å². The van der Waals surface area contributed by atoms with Crippen LogP contribution < -0.4 is 9.64 Å². The Labute approximate surface area is 106 Å². The molecule has 5 nitrogen and oxygen atoms in total. The fourth-order valence-electron chi connectivity index (χ4n) is 1.80. The molecule has 1 aliphatic heterocycles. The van der Waals surface area contributed by atoms with Gasteiger partial charge in [-0.2, -0.15) is 5.26 Å². The lowest BCUT2D eigenvalue weighted by Gasteiger charge is -2.36. The smallest absolute Gasteiger partial charge is 0.252 e. The van der Waals surface area contributed by atoms with Gasteiger partial charge in [0.05, 0.1) is 26.4 Å². The van der Waals surface area contributed by atoms with Gasteiger partial charge in [-0.1, -0.05) is 6.07 Å². The second-order valence-electron chi connectivity index (χ2n) is 4.25. The lowest BCUT2D eigenvalue weighted by atomic mass is 9.86. The van der Waals surface area contributed by atoms with Gasteiger partial charge in [-0.3, -0.25) is 4.79 Å². The zero-order chi connectivity index (χ0) is 13.2. The molecule has 1 saturated heterocycles. The fraction of sp³-hybridized carbons (Fsp3) is 0.385. The quantitative estimate of drug-likeness (QED) is 0.804. The molecule has 0 aliphatic carbocycles. The standard InChI is InChI=1S/C13H14N2O3/c1-15(10-4-3-5-11(6-10)17-2)12(16)13(7-14)8-18-9-13/h3-6H,8-9H2,1-2H3. The SMILES string of the molecule is COc1cccc(N(C)C(=O)C2(C#N)COC2)c1. The minimum Gasteiger partial charge on any atom is -0.497 e. The lowest BCUT2D eigenvalue weighted by molar-refractivity contribution is -0.146. The van der Waals surface area contributed by atoms with Crippen molar-refractivity contribution < 1.29 is 14.3 Å². The third-order valence-corrected chi connectivity index (χ3v) is 3.07. The number of nitrogens with zero attached hydrogens (tertiary/aromatic N) is 2. The highest BCUT2D eigenvalue weighted by Gasteiger charge is 2.48. The van der Waals surface area contributed by atoms with Crippen molar-refractivity contribution in [1.29, 1.82) is 5.26 Å². The van der Waals surface area contributed by atoms with Gasteiger partial charge in [0.25, 0.3) is 5.91 Å². The normalized spacial score (nSPS) is 16.3. The molecule has 0 N–H and O–H groups in total. The summed E-state index contributed by atoms with van der Waals surface area (Å²) in [5.41, 5.74) is -0.335. The predicted octanol–water partition coefficient (Wildman–Crippen LogP) is 1.20. The average molecular weight is 246 g/mol. The molecule has 5 heteroatoms. The van der Waals surface area contributed by atoms with Crippen LogP contribution in [0.3, 0.4) is 0 Å². The Morgan fingerprint density at radius 1 is 1.56 bits per heavy atom. The van der Waals surface area contributed by atoms with Gasteiger partial charge in [-0.05, 0) is 12.1 Å². The highest BCUT2D eigenvalue weighted by molar-refractivity contribution is 5.99. The third-order valence-electron chi connectivity index (χ3n) is 3.07. The van der Waals surface area contributed by atoms with Gasteiger partial charge in [0, 0.05) is 18.8 Å². The van der Waals surface area contributed by atoms with E-state index in [4.69, 9.17) is 14.7 Å². The molecular weight excluding hydrogens is 232 g/mol. The summed E-state index contributed by atoms with van der Waals surface area (Å²) >= 11 is 0. The van der Waals surface area contributed by atoms with E-state index in [-0.39, 0.29) is 19.1 Å². The van der Waals surface area contributed by atoms with E-state index in [1.54, 1.807) is 38.4 Å². The summed E-state index contributed by atoms with van der Waals surface area (Å²) in [5.74, 6) is 0.424. The van der Waals surface area contributed by atoms with E-state index in [0.29, 0.717) is 11.4 Å². The van der Waals surface area contributed by atoms with Gasteiger partial charge in [-0.25, -0.2) is 0 Å². The van der Waals surface area contributed by atoms with Crippen LogP contribution >= 0.6 is 0 Å². The van der Waals surface area contributed by atoms with E-state index in [0.717, 1.165) is 0 Å². The summed E-state index contributed by atoms with van der Waals surface area (Å²) in [6.07, 6.45) is 0. The maximum Gasteiger partial charge on any atom is 0.252 e. The van der Waals surface area contributed by atoms with Crippen molar-refractivity contribution in [1.82, 2.24) is 0 Å². The maximum absolute atomic E-state index is 12.3. The van der Waals surface area contributed by atoms with Crippen molar-refractivity contribution in [2.24, 2.45) is 5.41 Å². The van der Waals surface area contributed by atoms with Crippen LogP contribution in [-0.2, 0) is 9.53 Å². The molecule has 0 atom stereocenters. The van der Waals surface area contributed by atoms with Crippen molar-refractivity contribution in [3.05, 3.63) is 24.3 Å². The first-order valence-electron chi connectivity index (χ1n) is 5.54. The number of methoxy groups -OCH3 is 1. The Morgan fingerprint density at radius 2 is 2.28 bits per heavy atom. The first-order valence-corrected chi connectivity index (χ1v) is 5.54. The molecular formula is C13H14N2O3. The third kappa shape index (κ3) is 1.91. The topological polar surface area (TPSA) is 62.6 Å². The number of hydrogen-bond donors (Lipinski definition) is 0. The molecule has 1 heterocycles. The van der Waals surface area contributed by atoms with Gasteiger partial charge >= 0.3 is 0 Å². The first-order chi connectivity index (χ1) is 8.63. The molecule has 1 amide bonds. The van der Waals surface area contributed by atoms with Crippen molar-refractivity contribution in [3.8, 4) is 11.8 Å². The van der Waals surface area contributed by atoms with Crippen LogP contribution in [0, 0.1) is 16.7 Å². The van der Waals surface area contributed by atoms with Crippen molar-refractivity contribution in [3.63, 3.8) is 0 Å². The summed E-state index contributed by atoms with van der Waals surface area (Å²) < 4.78 is 10.1. The van der Waals surface area contributed by atoms with Crippen LogP contribution in [0.1, 0.15) is 0 Å². The molecule has 0 aromatic heterocycles. The minimum absolute atomic E-state index is 0.163. The molecule has 18 heavy (non-hydrogen) atoms. The van der Waals surface area contributed by atoms with Crippen molar-refractivity contribution in [2.45, 2.75) is 0 Å². The number of benzene rings is 1. The van der Waals surface area contributed by atoms with Crippen LogP contribution in [-0.4, -0.2) is 33.3 Å². The highest BCUT2D eigenvalue weighted by Crippen LogP contribution is 2.31. The molecule has 1 fully saturated rings. The number of rotatable bonds is 3.